The molecule has 0 saturated carbocycles. The number of halogens is 3. The van der Waals surface area contributed by atoms with Gasteiger partial charge in [-0.1, -0.05) is 38.1 Å². The lowest BCUT2D eigenvalue weighted by Crippen LogP contribution is -2.11. The van der Waals surface area contributed by atoms with Crippen molar-refractivity contribution in [2.75, 3.05) is 11.0 Å². The van der Waals surface area contributed by atoms with Crippen LogP contribution in [0.15, 0.2) is 42.5 Å². The number of anilines is 1. The van der Waals surface area contributed by atoms with Crippen LogP contribution in [-0.2, 0) is 16.2 Å². The molecule has 0 bridgehead atoms. The second-order valence-electron chi connectivity index (χ2n) is 5.88. The number of alkyl halides is 3. The van der Waals surface area contributed by atoms with Crippen molar-refractivity contribution >= 4 is 15.7 Å². The molecule has 0 saturated heterocycles. The fourth-order valence-electron chi connectivity index (χ4n) is 2.56. The van der Waals surface area contributed by atoms with E-state index in [2.05, 4.69) is 4.72 Å². The average molecular weight is 357 g/mol. The van der Waals surface area contributed by atoms with Gasteiger partial charge in [0.25, 0.3) is 0 Å². The van der Waals surface area contributed by atoms with Gasteiger partial charge in [0.05, 0.1) is 11.8 Å². The third-order valence-electron chi connectivity index (χ3n) is 3.48. The highest BCUT2D eigenvalue weighted by molar-refractivity contribution is 7.92. The van der Waals surface area contributed by atoms with Gasteiger partial charge in [0, 0.05) is 5.69 Å². The second kappa shape index (κ2) is 6.47. The highest BCUT2D eigenvalue weighted by Crippen LogP contribution is 2.41. The van der Waals surface area contributed by atoms with Crippen molar-refractivity contribution in [1.82, 2.24) is 0 Å². The molecule has 7 heteroatoms. The van der Waals surface area contributed by atoms with Gasteiger partial charge in [-0.25, -0.2) is 8.42 Å². The molecule has 24 heavy (non-hydrogen) atoms. The molecule has 3 nitrogen and oxygen atoms in total. The molecule has 1 N–H and O–H groups in total. The normalized spacial score (nSPS) is 12.5. The predicted molar refractivity (Wildman–Crippen MR) is 89.4 cm³/mol. The van der Waals surface area contributed by atoms with E-state index in [0.29, 0.717) is 11.1 Å². The molecule has 2 rings (SSSR count). The van der Waals surface area contributed by atoms with E-state index in [4.69, 9.17) is 0 Å². The summed E-state index contributed by atoms with van der Waals surface area (Å²) in [6.07, 6.45) is -3.51. The summed E-state index contributed by atoms with van der Waals surface area (Å²) in [7, 11) is -3.51. The monoisotopic (exact) mass is 357 g/mol. The predicted octanol–water partition coefficient (Wildman–Crippen LogP) is 4.87. The Hall–Kier alpha value is -2.02. The Bertz CT molecular complexity index is 843. The Labute approximate surface area is 139 Å². The molecule has 0 amide bonds. The van der Waals surface area contributed by atoms with Crippen molar-refractivity contribution in [2.45, 2.75) is 25.9 Å². The van der Waals surface area contributed by atoms with E-state index in [1.807, 2.05) is 13.8 Å². The lowest BCUT2D eigenvalue weighted by molar-refractivity contribution is -0.137. The van der Waals surface area contributed by atoms with Gasteiger partial charge in [-0.05, 0) is 40.8 Å². The second-order valence-corrected chi connectivity index (χ2v) is 7.63. The number of rotatable bonds is 4. The maximum atomic E-state index is 13.4. The lowest BCUT2D eigenvalue weighted by Gasteiger charge is -2.20. The molecule has 2 aromatic rings. The fourth-order valence-corrected chi connectivity index (χ4v) is 3.12. The number of benzene rings is 2. The maximum absolute atomic E-state index is 13.4. The van der Waals surface area contributed by atoms with Crippen LogP contribution in [0.1, 0.15) is 30.9 Å². The van der Waals surface area contributed by atoms with E-state index in [9.17, 15) is 21.6 Å². The summed E-state index contributed by atoms with van der Waals surface area (Å²) in [6.45, 7) is 3.63. The summed E-state index contributed by atoms with van der Waals surface area (Å²) >= 11 is 0. The molecule has 0 radical (unpaired) electrons. The van der Waals surface area contributed by atoms with E-state index in [0.717, 1.165) is 12.3 Å². The smallest absolute Gasteiger partial charge is 0.284 e. The van der Waals surface area contributed by atoms with Gasteiger partial charge in [0.2, 0.25) is 10.0 Å². The molecule has 0 aliphatic carbocycles. The van der Waals surface area contributed by atoms with Crippen LogP contribution < -0.4 is 4.72 Å². The van der Waals surface area contributed by atoms with Crippen LogP contribution in [0.3, 0.4) is 0 Å². The number of nitrogens with one attached hydrogen (secondary N) is 1. The van der Waals surface area contributed by atoms with Gasteiger partial charge in [-0.2, -0.15) is 13.2 Å². The molecule has 0 unspecified atom stereocenters. The minimum atomic E-state index is -4.50. The molecule has 0 spiro atoms. The van der Waals surface area contributed by atoms with Crippen LogP contribution in [0.2, 0.25) is 0 Å². The van der Waals surface area contributed by atoms with Crippen LogP contribution in [0, 0.1) is 0 Å². The molecule has 0 aliphatic heterocycles. The van der Waals surface area contributed by atoms with Crippen LogP contribution in [0.5, 0.6) is 0 Å². The Morgan fingerprint density at radius 3 is 2.21 bits per heavy atom. The number of hydrogen-bond donors (Lipinski definition) is 1. The zero-order valence-electron chi connectivity index (χ0n) is 13.5. The number of sulfonamides is 1. The summed E-state index contributed by atoms with van der Waals surface area (Å²) in [5, 5.41) is 0. The third kappa shape index (κ3) is 4.29. The molecule has 130 valence electrons. The van der Waals surface area contributed by atoms with Gasteiger partial charge in [-0.3, -0.25) is 4.72 Å². The van der Waals surface area contributed by atoms with E-state index in [1.54, 1.807) is 12.1 Å². The van der Waals surface area contributed by atoms with Crippen LogP contribution >= 0.6 is 0 Å². The summed E-state index contributed by atoms with van der Waals surface area (Å²) in [5.41, 5.74) is 0.450. The van der Waals surface area contributed by atoms with Crippen molar-refractivity contribution < 1.29 is 21.6 Å². The topological polar surface area (TPSA) is 46.2 Å². The standard InChI is InChI=1S/C17H18F3NO2S/c1-11(2)14-8-5-9-15(17(18,19)20)16(14)12-6-4-7-13(10-12)21-24(3,22)23/h4-11,21H,1-3H3. The molecule has 0 fully saturated rings. The van der Waals surface area contributed by atoms with E-state index in [-0.39, 0.29) is 17.2 Å². The molecular formula is C17H18F3NO2S. The summed E-state index contributed by atoms with van der Waals surface area (Å²) in [5.74, 6) is -0.117. The van der Waals surface area contributed by atoms with Crippen LogP contribution in [-0.4, -0.2) is 14.7 Å². The molecule has 0 aliphatic rings. The van der Waals surface area contributed by atoms with Crippen LogP contribution in [0.4, 0.5) is 18.9 Å². The van der Waals surface area contributed by atoms with Gasteiger partial charge in [0.15, 0.2) is 0 Å². The molecule has 2 aromatic carbocycles. The zero-order valence-corrected chi connectivity index (χ0v) is 14.3. The first-order valence-corrected chi connectivity index (χ1v) is 9.16. The first kappa shape index (κ1) is 18.3. The van der Waals surface area contributed by atoms with Crippen LogP contribution in [0.25, 0.3) is 11.1 Å². The van der Waals surface area contributed by atoms with Crippen molar-refractivity contribution in [3.63, 3.8) is 0 Å². The highest BCUT2D eigenvalue weighted by Gasteiger charge is 2.34. The highest BCUT2D eigenvalue weighted by atomic mass is 32.2. The maximum Gasteiger partial charge on any atom is 0.417 e. The van der Waals surface area contributed by atoms with Crippen molar-refractivity contribution in [3.8, 4) is 11.1 Å². The fraction of sp³-hybridized carbons (Fsp3) is 0.294. The van der Waals surface area contributed by atoms with Crippen molar-refractivity contribution in [3.05, 3.63) is 53.6 Å². The third-order valence-corrected chi connectivity index (χ3v) is 4.09. The lowest BCUT2D eigenvalue weighted by atomic mass is 9.88. The SMILES string of the molecule is CC(C)c1cccc(C(F)(F)F)c1-c1cccc(NS(C)(=O)=O)c1. The van der Waals surface area contributed by atoms with E-state index < -0.39 is 21.8 Å². The molecule has 0 aromatic heterocycles. The van der Waals surface area contributed by atoms with Gasteiger partial charge in [-0.15, -0.1) is 0 Å². The Kier molecular flexibility index (Phi) is 4.94. The first-order valence-electron chi connectivity index (χ1n) is 7.27. The van der Waals surface area contributed by atoms with Crippen molar-refractivity contribution in [1.29, 1.82) is 0 Å². The van der Waals surface area contributed by atoms with Crippen molar-refractivity contribution in [2.24, 2.45) is 0 Å². The minimum absolute atomic E-state index is 0.0807. The number of hydrogen-bond acceptors (Lipinski definition) is 2. The summed E-state index contributed by atoms with van der Waals surface area (Å²) < 4.78 is 65.3. The summed E-state index contributed by atoms with van der Waals surface area (Å²) in [6, 6.07) is 10.1. The quantitative estimate of drug-likeness (QED) is 0.849. The van der Waals surface area contributed by atoms with Gasteiger partial charge >= 0.3 is 6.18 Å². The zero-order chi connectivity index (χ0) is 18.1. The largest absolute Gasteiger partial charge is 0.417 e. The first-order chi connectivity index (χ1) is 11.0. The van der Waals surface area contributed by atoms with Gasteiger partial charge < -0.3 is 0 Å². The molecule has 0 heterocycles. The van der Waals surface area contributed by atoms with Gasteiger partial charge in [0.1, 0.15) is 0 Å². The molecular weight excluding hydrogens is 339 g/mol. The Morgan fingerprint density at radius 2 is 1.67 bits per heavy atom. The van der Waals surface area contributed by atoms with E-state index >= 15 is 0 Å². The molecule has 0 atom stereocenters. The minimum Gasteiger partial charge on any atom is -0.284 e. The Balaban J connectivity index is 2.69. The Morgan fingerprint density at radius 1 is 1.04 bits per heavy atom. The summed E-state index contributed by atoms with van der Waals surface area (Å²) in [4.78, 5) is 0. The average Bonchev–Trinajstić information content (AvgIpc) is 2.44. The van der Waals surface area contributed by atoms with E-state index in [1.165, 1.54) is 24.3 Å².